The summed E-state index contributed by atoms with van der Waals surface area (Å²) in [4.78, 5) is 26.4. The van der Waals surface area contributed by atoms with Crippen LogP contribution >= 0.6 is 22.7 Å². The largest absolute Gasteiger partial charge is 0.383 e. The van der Waals surface area contributed by atoms with Crippen molar-refractivity contribution in [1.29, 1.82) is 5.26 Å². The standard InChI is InChI=1S/C20H16FN3O3S2/c1-27-9-8-23-18(25)14(12-22)20-24(16-7-3-2-6-15(16)21)19(26)17(29-20)11-13-5-4-10-28-13/h2-7,10-11H,8-9H2,1H3,(H,23,25). The zero-order valence-corrected chi connectivity index (χ0v) is 17.0. The quantitative estimate of drug-likeness (QED) is 0.600. The van der Waals surface area contributed by atoms with Gasteiger partial charge in [-0.1, -0.05) is 18.2 Å². The molecule has 0 unspecified atom stereocenters. The van der Waals surface area contributed by atoms with Gasteiger partial charge in [0.15, 0.2) is 5.57 Å². The van der Waals surface area contributed by atoms with E-state index in [1.807, 2.05) is 23.6 Å². The number of nitrogens with one attached hydrogen (secondary N) is 1. The lowest BCUT2D eigenvalue weighted by Crippen LogP contribution is -2.35. The first-order valence-corrected chi connectivity index (χ1v) is 10.2. The molecule has 148 valence electrons. The minimum absolute atomic E-state index is 0.0213. The number of thiophene rings is 1. The number of nitriles is 1. The van der Waals surface area contributed by atoms with E-state index in [2.05, 4.69) is 5.32 Å². The van der Waals surface area contributed by atoms with Crippen LogP contribution in [-0.2, 0) is 9.53 Å². The zero-order valence-electron chi connectivity index (χ0n) is 15.3. The van der Waals surface area contributed by atoms with Crippen molar-refractivity contribution in [1.82, 2.24) is 9.88 Å². The minimum Gasteiger partial charge on any atom is -0.383 e. The van der Waals surface area contributed by atoms with E-state index in [1.54, 1.807) is 12.1 Å². The highest BCUT2D eigenvalue weighted by Gasteiger charge is 2.18. The van der Waals surface area contributed by atoms with Gasteiger partial charge in [0, 0.05) is 18.5 Å². The van der Waals surface area contributed by atoms with Crippen LogP contribution in [0.2, 0.25) is 0 Å². The van der Waals surface area contributed by atoms with Gasteiger partial charge in [0.05, 0.1) is 16.8 Å². The number of halogens is 1. The second-order valence-corrected chi connectivity index (χ2v) is 7.77. The number of carbonyl (C=O) groups excluding carboxylic acids is 1. The summed E-state index contributed by atoms with van der Waals surface area (Å²) in [5.41, 5.74) is -0.787. The Morgan fingerprint density at radius 1 is 1.34 bits per heavy atom. The Kier molecular flexibility index (Phi) is 6.72. The van der Waals surface area contributed by atoms with Crippen LogP contribution in [0.25, 0.3) is 17.3 Å². The smallest absolute Gasteiger partial charge is 0.273 e. The summed E-state index contributed by atoms with van der Waals surface area (Å²) in [6, 6.07) is 11.3. The monoisotopic (exact) mass is 429 g/mol. The van der Waals surface area contributed by atoms with Gasteiger partial charge in [0.25, 0.3) is 11.5 Å². The van der Waals surface area contributed by atoms with Crippen LogP contribution in [0.3, 0.4) is 0 Å². The molecule has 9 heteroatoms. The van der Waals surface area contributed by atoms with E-state index in [4.69, 9.17) is 4.74 Å². The van der Waals surface area contributed by atoms with Crippen molar-refractivity contribution in [3.8, 4) is 11.8 Å². The Morgan fingerprint density at radius 2 is 2.14 bits per heavy atom. The summed E-state index contributed by atoms with van der Waals surface area (Å²) in [5.74, 6) is -1.29. The number of methoxy groups -OCH3 is 1. The fraction of sp³-hybridized carbons (Fsp3) is 0.150. The summed E-state index contributed by atoms with van der Waals surface area (Å²) in [6.07, 6.45) is 1.66. The fourth-order valence-corrected chi connectivity index (χ4v) is 4.37. The van der Waals surface area contributed by atoms with Crippen LogP contribution in [-0.4, -0.2) is 30.7 Å². The highest BCUT2D eigenvalue weighted by Crippen LogP contribution is 2.11. The average molecular weight is 429 g/mol. The van der Waals surface area contributed by atoms with Gasteiger partial charge in [0.2, 0.25) is 0 Å². The van der Waals surface area contributed by atoms with Gasteiger partial charge in [-0.15, -0.1) is 22.7 Å². The predicted octanol–water partition coefficient (Wildman–Crippen LogP) is 1.37. The molecule has 2 aromatic heterocycles. The van der Waals surface area contributed by atoms with Crippen LogP contribution in [0.4, 0.5) is 4.39 Å². The van der Waals surface area contributed by atoms with Gasteiger partial charge in [-0.2, -0.15) is 5.26 Å². The van der Waals surface area contributed by atoms with Crippen molar-refractivity contribution in [3.63, 3.8) is 0 Å². The van der Waals surface area contributed by atoms with E-state index in [0.29, 0.717) is 4.53 Å². The van der Waals surface area contributed by atoms with Crippen molar-refractivity contribution >= 4 is 40.2 Å². The third kappa shape index (κ3) is 4.51. The molecule has 0 saturated carbocycles. The topological polar surface area (TPSA) is 84.1 Å². The number of carbonyl (C=O) groups is 1. The minimum atomic E-state index is -0.654. The third-order valence-electron chi connectivity index (χ3n) is 3.88. The second kappa shape index (κ2) is 9.43. The third-order valence-corrected chi connectivity index (χ3v) is 5.79. The molecule has 0 saturated heterocycles. The van der Waals surface area contributed by atoms with Crippen LogP contribution in [0.15, 0.2) is 46.6 Å². The maximum absolute atomic E-state index is 14.5. The molecule has 0 radical (unpaired) electrons. The summed E-state index contributed by atoms with van der Waals surface area (Å²) in [6.45, 7) is 0.469. The first kappa shape index (κ1) is 20.7. The number of nitrogens with zero attached hydrogens (tertiary/aromatic N) is 2. The number of rotatable bonds is 6. The van der Waals surface area contributed by atoms with Crippen molar-refractivity contribution < 1.29 is 13.9 Å². The lowest BCUT2D eigenvalue weighted by atomic mass is 10.2. The van der Waals surface area contributed by atoms with Crippen molar-refractivity contribution in [2.75, 3.05) is 20.3 Å². The van der Waals surface area contributed by atoms with E-state index < -0.39 is 17.3 Å². The molecule has 2 heterocycles. The van der Waals surface area contributed by atoms with Crippen molar-refractivity contribution in [2.45, 2.75) is 0 Å². The molecule has 0 spiro atoms. The summed E-state index contributed by atoms with van der Waals surface area (Å²) in [5, 5.41) is 14.0. The Morgan fingerprint density at radius 3 is 2.79 bits per heavy atom. The van der Waals surface area contributed by atoms with E-state index in [0.717, 1.165) is 20.8 Å². The molecule has 0 fully saturated rings. The molecule has 3 rings (SSSR count). The maximum Gasteiger partial charge on any atom is 0.273 e. The molecule has 0 atom stereocenters. The van der Waals surface area contributed by atoms with Gasteiger partial charge >= 0.3 is 0 Å². The number of hydrogen-bond donors (Lipinski definition) is 1. The predicted molar refractivity (Wildman–Crippen MR) is 111 cm³/mol. The van der Waals surface area contributed by atoms with E-state index in [1.165, 1.54) is 36.6 Å². The van der Waals surface area contributed by atoms with Gasteiger partial charge in [0.1, 0.15) is 16.5 Å². The Labute approximate surface area is 173 Å². The van der Waals surface area contributed by atoms with Crippen LogP contribution in [0.5, 0.6) is 0 Å². The Balaban J connectivity index is 2.30. The Hall–Kier alpha value is -3.06. The molecule has 6 nitrogen and oxygen atoms in total. The number of amides is 1. The van der Waals surface area contributed by atoms with Gasteiger partial charge < -0.3 is 10.1 Å². The molecule has 0 aliphatic carbocycles. The highest BCUT2D eigenvalue weighted by atomic mass is 32.1. The van der Waals surface area contributed by atoms with Gasteiger partial charge in [-0.3, -0.25) is 14.2 Å². The van der Waals surface area contributed by atoms with Crippen molar-refractivity contribution in [3.05, 3.63) is 72.0 Å². The number of thiazole rings is 1. The molecule has 29 heavy (non-hydrogen) atoms. The average Bonchev–Trinajstić information content (AvgIpc) is 3.32. The Bertz CT molecular complexity index is 1240. The molecule has 0 bridgehead atoms. The fourth-order valence-electron chi connectivity index (χ4n) is 2.56. The van der Waals surface area contributed by atoms with Crippen LogP contribution < -0.4 is 20.1 Å². The van der Waals surface area contributed by atoms with E-state index in [9.17, 15) is 19.2 Å². The molecule has 1 N–H and O–H groups in total. The number of ether oxygens (including phenoxy) is 1. The molecule has 1 aromatic carbocycles. The highest BCUT2D eigenvalue weighted by molar-refractivity contribution is 7.11. The lowest BCUT2D eigenvalue weighted by molar-refractivity contribution is -0.115. The molecule has 0 aliphatic rings. The van der Waals surface area contributed by atoms with Crippen LogP contribution in [0, 0.1) is 17.1 Å². The van der Waals surface area contributed by atoms with Crippen molar-refractivity contribution in [2.24, 2.45) is 0 Å². The maximum atomic E-state index is 14.5. The normalized spacial score (nSPS) is 12.5. The molecule has 1 amide bonds. The first-order chi connectivity index (χ1) is 14.1. The molecule has 0 aliphatic heterocycles. The summed E-state index contributed by atoms with van der Waals surface area (Å²) in [7, 11) is 1.49. The van der Waals surface area contributed by atoms with Gasteiger partial charge in [-0.05, 0) is 29.7 Å². The number of aromatic nitrogens is 1. The number of para-hydroxylation sites is 1. The molecular weight excluding hydrogens is 413 g/mol. The number of hydrogen-bond acceptors (Lipinski definition) is 6. The lowest BCUT2D eigenvalue weighted by Gasteiger charge is -2.06. The van der Waals surface area contributed by atoms with Gasteiger partial charge in [-0.25, -0.2) is 4.39 Å². The SMILES string of the molecule is COCCNC(=O)C(C#N)=c1sc(=Cc2cccs2)c(=O)n1-c1ccccc1F. The molecule has 3 aromatic rings. The van der Waals surface area contributed by atoms with Crippen LogP contribution in [0.1, 0.15) is 4.88 Å². The number of benzene rings is 1. The van der Waals surface area contributed by atoms with E-state index >= 15 is 0 Å². The summed E-state index contributed by atoms with van der Waals surface area (Å²) < 4.78 is 20.8. The first-order valence-electron chi connectivity index (χ1n) is 8.50. The zero-order chi connectivity index (χ0) is 20.8. The summed E-state index contributed by atoms with van der Waals surface area (Å²) >= 11 is 2.41. The van der Waals surface area contributed by atoms with E-state index in [-0.39, 0.29) is 29.1 Å². The second-order valence-electron chi connectivity index (χ2n) is 5.76. The molecular formula is C20H16FN3O3S2.